The molecule has 0 bridgehead atoms. The second-order valence-electron chi connectivity index (χ2n) is 8.97. The summed E-state index contributed by atoms with van der Waals surface area (Å²) < 4.78 is 41.6. The molecule has 35 heavy (non-hydrogen) atoms. The van der Waals surface area contributed by atoms with E-state index in [9.17, 15) is 22.8 Å². The minimum Gasteiger partial charge on any atom is -0.366 e. The fraction of sp³-hybridized carbons (Fsp3) is 0.478. The van der Waals surface area contributed by atoms with Crippen molar-refractivity contribution in [2.75, 3.05) is 20.6 Å². The van der Waals surface area contributed by atoms with Crippen LogP contribution in [-0.4, -0.2) is 59.5 Å². The average molecular weight is 532 g/mol. The van der Waals surface area contributed by atoms with Crippen LogP contribution in [0.25, 0.3) is 0 Å². The van der Waals surface area contributed by atoms with E-state index in [1.165, 1.54) is 18.5 Å². The number of rotatable bonds is 10. The van der Waals surface area contributed by atoms with Gasteiger partial charge in [-0.3, -0.25) is 9.59 Å². The summed E-state index contributed by atoms with van der Waals surface area (Å²) in [5.41, 5.74) is 4.28. The van der Waals surface area contributed by atoms with Crippen LogP contribution in [0.15, 0.2) is 30.6 Å². The number of carbonyl (C=O) groups is 2. The molecule has 190 valence electrons. The summed E-state index contributed by atoms with van der Waals surface area (Å²) in [6.07, 6.45) is -2.16. The van der Waals surface area contributed by atoms with Crippen molar-refractivity contribution in [3.05, 3.63) is 57.6 Å². The Balaban J connectivity index is 1.71. The van der Waals surface area contributed by atoms with E-state index in [1.807, 2.05) is 19.0 Å². The summed E-state index contributed by atoms with van der Waals surface area (Å²) >= 11 is 12.1. The summed E-state index contributed by atoms with van der Waals surface area (Å²) in [5.74, 6) is -2.40. The Hall–Kier alpha value is -2.43. The molecule has 1 unspecified atom stereocenters. The van der Waals surface area contributed by atoms with Crippen molar-refractivity contribution in [3.8, 4) is 0 Å². The van der Waals surface area contributed by atoms with Crippen LogP contribution in [0, 0.1) is 5.41 Å². The van der Waals surface area contributed by atoms with Gasteiger partial charge in [0.25, 0.3) is 0 Å². The number of carbonyl (C=O) groups excluding carboxylic acids is 2. The molecule has 1 aliphatic rings. The predicted molar refractivity (Wildman–Crippen MR) is 126 cm³/mol. The van der Waals surface area contributed by atoms with Gasteiger partial charge in [0, 0.05) is 47.9 Å². The van der Waals surface area contributed by atoms with E-state index in [0.29, 0.717) is 11.4 Å². The van der Waals surface area contributed by atoms with Crippen LogP contribution in [0.2, 0.25) is 10.0 Å². The molecule has 1 aliphatic carbocycles. The van der Waals surface area contributed by atoms with Crippen molar-refractivity contribution < 1.29 is 22.8 Å². The van der Waals surface area contributed by atoms with Crippen LogP contribution in [-0.2, 0) is 11.2 Å². The molecule has 1 fully saturated rings. The molecule has 2 atom stereocenters. The second-order valence-corrected chi connectivity index (χ2v) is 9.81. The van der Waals surface area contributed by atoms with Crippen molar-refractivity contribution in [2.45, 2.75) is 43.8 Å². The van der Waals surface area contributed by atoms with E-state index in [1.54, 1.807) is 12.1 Å². The molecule has 0 saturated heterocycles. The van der Waals surface area contributed by atoms with Gasteiger partial charge in [-0.05, 0) is 51.1 Å². The SMILES string of the molecule is CN(C)[C@H](CNC(=O)CC(c1ncc(Cl)cn1)C1(C(F)(F)F)CC1)Cc1ccc(C(N)=O)cc1Cl. The van der Waals surface area contributed by atoms with E-state index in [0.717, 1.165) is 5.56 Å². The highest BCUT2D eigenvalue weighted by Gasteiger charge is 2.68. The third-order valence-corrected chi connectivity index (χ3v) is 6.97. The number of alkyl halides is 3. The summed E-state index contributed by atoms with van der Waals surface area (Å²) in [7, 11) is 3.63. The first-order valence-electron chi connectivity index (χ1n) is 10.9. The van der Waals surface area contributed by atoms with Crippen LogP contribution in [0.4, 0.5) is 13.2 Å². The average Bonchev–Trinajstić information content (AvgIpc) is 3.58. The van der Waals surface area contributed by atoms with E-state index in [4.69, 9.17) is 28.9 Å². The van der Waals surface area contributed by atoms with Gasteiger partial charge in [-0.25, -0.2) is 9.97 Å². The third-order valence-electron chi connectivity index (χ3n) is 6.42. The van der Waals surface area contributed by atoms with Crippen LogP contribution in [0.5, 0.6) is 0 Å². The van der Waals surface area contributed by atoms with Crippen molar-refractivity contribution >= 4 is 35.0 Å². The predicted octanol–water partition coefficient (Wildman–Crippen LogP) is 3.99. The largest absolute Gasteiger partial charge is 0.395 e. The first-order chi connectivity index (χ1) is 16.3. The molecule has 1 aromatic carbocycles. The molecule has 3 rings (SSSR count). The number of primary amides is 1. The first-order valence-corrected chi connectivity index (χ1v) is 11.6. The highest BCUT2D eigenvalue weighted by Crippen LogP contribution is 2.65. The molecule has 0 spiro atoms. The number of halogens is 5. The maximum atomic E-state index is 13.9. The first kappa shape index (κ1) is 27.2. The van der Waals surface area contributed by atoms with Gasteiger partial charge in [-0.2, -0.15) is 13.2 Å². The van der Waals surface area contributed by atoms with E-state index in [-0.39, 0.29) is 41.8 Å². The van der Waals surface area contributed by atoms with Crippen LogP contribution >= 0.6 is 23.2 Å². The number of hydrogen-bond donors (Lipinski definition) is 2. The molecule has 2 amide bonds. The van der Waals surface area contributed by atoms with Crippen molar-refractivity contribution in [1.82, 2.24) is 20.2 Å². The zero-order valence-electron chi connectivity index (χ0n) is 19.2. The highest BCUT2D eigenvalue weighted by atomic mass is 35.5. The molecule has 0 aliphatic heterocycles. The number of benzene rings is 1. The molecule has 1 saturated carbocycles. The Morgan fingerprint density at radius 1 is 1.20 bits per heavy atom. The van der Waals surface area contributed by atoms with Gasteiger partial charge >= 0.3 is 6.18 Å². The van der Waals surface area contributed by atoms with Gasteiger partial charge in [-0.1, -0.05) is 29.3 Å². The van der Waals surface area contributed by atoms with Crippen LogP contribution < -0.4 is 11.1 Å². The molecule has 2 aromatic rings. The molecule has 7 nitrogen and oxygen atoms in total. The van der Waals surface area contributed by atoms with E-state index >= 15 is 0 Å². The number of nitrogens with one attached hydrogen (secondary N) is 1. The molecule has 0 radical (unpaired) electrons. The third kappa shape index (κ3) is 6.42. The van der Waals surface area contributed by atoms with Gasteiger partial charge in [0.05, 0.1) is 10.4 Å². The van der Waals surface area contributed by atoms with Crippen LogP contribution in [0.1, 0.15) is 46.9 Å². The van der Waals surface area contributed by atoms with Crippen molar-refractivity contribution in [1.29, 1.82) is 0 Å². The lowest BCUT2D eigenvalue weighted by molar-refractivity contribution is -0.195. The monoisotopic (exact) mass is 531 g/mol. The smallest absolute Gasteiger partial charge is 0.366 e. The maximum Gasteiger partial charge on any atom is 0.395 e. The fourth-order valence-corrected chi connectivity index (χ4v) is 4.40. The van der Waals surface area contributed by atoms with Gasteiger partial charge in [0.2, 0.25) is 11.8 Å². The summed E-state index contributed by atoms with van der Waals surface area (Å²) in [4.78, 5) is 34.0. The van der Waals surface area contributed by atoms with Gasteiger partial charge < -0.3 is 16.0 Å². The summed E-state index contributed by atoms with van der Waals surface area (Å²) in [5, 5.41) is 3.31. The second kappa shape index (κ2) is 10.7. The molecular formula is C23H26Cl2F3N5O2. The van der Waals surface area contributed by atoms with Gasteiger partial charge in [0.15, 0.2) is 0 Å². The standard InChI is InChI=1S/C23H26Cl2F3N5O2/c1-33(2)16(7-13-3-4-14(20(29)35)8-18(13)25)12-30-19(34)9-17(21-31-10-15(24)11-32-21)22(5-6-22)23(26,27)28/h3-4,8,10-11,16-17H,5-7,9,12H2,1-2H3,(H2,29,35)(H,30,34)/t16-,17?/m0/s1. The van der Waals surface area contributed by atoms with Crippen molar-refractivity contribution in [2.24, 2.45) is 11.1 Å². The van der Waals surface area contributed by atoms with Crippen molar-refractivity contribution in [3.63, 3.8) is 0 Å². The highest BCUT2D eigenvalue weighted by molar-refractivity contribution is 6.31. The lowest BCUT2D eigenvalue weighted by Crippen LogP contribution is -2.43. The minimum atomic E-state index is -4.49. The Labute approximate surface area is 211 Å². The van der Waals surface area contributed by atoms with Gasteiger partial charge in [-0.15, -0.1) is 0 Å². The van der Waals surface area contributed by atoms with Crippen LogP contribution in [0.3, 0.4) is 0 Å². The quantitative estimate of drug-likeness (QED) is 0.482. The number of nitrogens with two attached hydrogens (primary N) is 1. The number of aromatic nitrogens is 2. The van der Waals surface area contributed by atoms with E-state index < -0.39 is 35.7 Å². The van der Waals surface area contributed by atoms with Gasteiger partial charge in [0.1, 0.15) is 5.82 Å². The fourth-order valence-electron chi connectivity index (χ4n) is 4.05. The molecule has 1 aromatic heterocycles. The summed E-state index contributed by atoms with van der Waals surface area (Å²) in [6.45, 7) is 0.174. The van der Waals surface area contributed by atoms with E-state index in [2.05, 4.69) is 15.3 Å². The lowest BCUT2D eigenvalue weighted by atomic mass is 9.84. The number of hydrogen-bond acceptors (Lipinski definition) is 5. The summed E-state index contributed by atoms with van der Waals surface area (Å²) in [6, 6.07) is 4.53. The maximum absolute atomic E-state index is 13.9. The molecule has 12 heteroatoms. The normalized spacial score (nSPS) is 16.6. The molecule has 1 heterocycles. The number of nitrogens with zero attached hydrogens (tertiary/aromatic N) is 3. The zero-order chi connectivity index (χ0) is 26.0. The molecule has 3 N–H and O–H groups in total. The Morgan fingerprint density at radius 3 is 2.31 bits per heavy atom. The zero-order valence-corrected chi connectivity index (χ0v) is 20.7. The molecular weight excluding hydrogens is 506 g/mol. The topological polar surface area (TPSA) is 101 Å². The Morgan fingerprint density at radius 2 is 1.83 bits per heavy atom. The number of likely N-dealkylation sites (N-methyl/N-ethyl adjacent to an activating group) is 1. The lowest BCUT2D eigenvalue weighted by Gasteiger charge is -2.29. The number of amides is 2. The Kier molecular flexibility index (Phi) is 8.28. The Bertz CT molecular complexity index is 1080. The minimum absolute atomic E-state index is 0.0511.